The molecule has 0 spiro atoms. The van der Waals surface area contributed by atoms with Gasteiger partial charge in [-0.15, -0.1) is 10.2 Å². The summed E-state index contributed by atoms with van der Waals surface area (Å²) in [5.41, 5.74) is -0.461. The number of rotatable bonds is 4. The van der Waals surface area contributed by atoms with Crippen molar-refractivity contribution in [3.8, 4) is 11.4 Å². The van der Waals surface area contributed by atoms with Gasteiger partial charge in [0.2, 0.25) is 0 Å². The molecule has 1 aliphatic heterocycles. The SMILES string of the molecule is Fc1ccc2[nH]nc(Nc3nc(-c4ccccc4C(F)(F)F)nnc3N3CCNCC3)c2c1. The second kappa shape index (κ2) is 8.28. The number of benzene rings is 2. The quantitative estimate of drug-likeness (QED) is 0.401. The van der Waals surface area contributed by atoms with E-state index in [0.29, 0.717) is 42.9 Å². The minimum absolute atomic E-state index is 0.177. The molecule has 5 rings (SSSR count). The Morgan fingerprint density at radius 1 is 0.970 bits per heavy atom. The average Bonchev–Trinajstić information content (AvgIpc) is 3.21. The number of aromatic nitrogens is 5. The first-order valence-corrected chi connectivity index (χ1v) is 10.2. The van der Waals surface area contributed by atoms with Crippen LogP contribution in [0.2, 0.25) is 0 Å². The zero-order chi connectivity index (χ0) is 23.0. The van der Waals surface area contributed by atoms with Crippen LogP contribution in [0, 0.1) is 5.82 Å². The number of halogens is 4. The Kier molecular flexibility index (Phi) is 5.29. The molecule has 12 heteroatoms. The van der Waals surface area contributed by atoms with E-state index in [0.717, 1.165) is 6.07 Å². The van der Waals surface area contributed by atoms with E-state index in [-0.39, 0.29) is 23.0 Å². The fraction of sp³-hybridized carbons (Fsp3) is 0.238. The smallest absolute Gasteiger partial charge is 0.349 e. The second-order valence-electron chi connectivity index (χ2n) is 7.48. The molecule has 2 aromatic heterocycles. The van der Waals surface area contributed by atoms with Crippen LogP contribution >= 0.6 is 0 Å². The highest BCUT2D eigenvalue weighted by Gasteiger charge is 2.34. The Bertz CT molecular complexity index is 1300. The minimum atomic E-state index is -4.58. The summed E-state index contributed by atoms with van der Waals surface area (Å²) in [6, 6.07) is 9.21. The van der Waals surface area contributed by atoms with Crippen LogP contribution in [0.5, 0.6) is 0 Å². The Balaban J connectivity index is 1.62. The van der Waals surface area contributed by atoms with Crippen LogP contribution < -0.4 is 15.5 Å². The predicted molar refractivity (Wildman–Crippen MR) is 115 cm³/mol. The predicted octanol–water partition coefficient (Wildman–Crippen LogP) is 3.73. The van der Waals surface area contributed by atoms with Gasteiger partial charge in [0.15, 0.2) is 23.3 Å². The van der Waals surface area contributed by atoms with Crippen molar-refractivity contribution in [3.05, 3.63) is 53.8 Å². The van der Waals surface area contributed by atoms with E-state index < -0.39 is 17.6 Å². The van der Waals surface area contributed by atoms with E-state index in [1.165, 1.54) is 30.3 Å². The number of piperazine rings is 1. The Hall–Kier alpha value is -3.80. The van der Waals surface area contributed by atoms with Gasteiger partial charge < -0.3 is 15.5 Å². The molecule has 33 heavy (non-hydrogen) atoms. The molecule has 2 aromatic carbocycles. The third-order valence-electron chi connectivity index (χ3n) is 5.32. The third kappa shape index (κ3) is 4.16. The Morgan fingerprint density at radius 3 is 2.55 bits per heavy atom. The van der Waals surface area contributed by atoms with Crippen LogP contribution in [0.3, 0.4) is 0 Å². The van der Waals surface area contributed by atoms with Crippen LogP contribution in [0.25, 0.3) is 22.3 Å². The summed E-state index contributed by atoms with van der Waals surface area (Å²) in [6.45, 7) is 2.63. The van der Waals surface area contributed by atoms with Gasteiger partial charge in [-0.05, 0) is 24.3 Å². The van der Waals surface area contributed by atoms with Gasteiger partial charge in [0.05, 0.1) is 11.1 Å². The number of hydrogen-bond donors (Lipinski definition) is 3. The van der Waals surface area contributed by atoms with Crippen LogP contribution in [-0.2, 0) is 6.18 Å². The van der Waals surface area contributed by atoms with Gasteiger partial charge in [-0.2, -0.15) is 18.3 Å². The first kappa shape index (κ1) is 21.1. The van der Waals surface area contributed by atoms with Gasteiger partial charge in [-0.25, -0.2) is 9.37 Å². The molecule has 0 aliphatic carbocycles. The maximum Gasteiger partial charge on any atom is 0.417 e. The molecule has 0 bridgehead atoms. The molecule has 0 atom stereocenters. The number of hydrogen-bond acceptors (Lipinski definition) is 7. The van der Waals surface area contributed by atoms with Crippen molar-refractivity contribution in [2.24, 2.45) is 0 Å². The van der Waals surface area contributed by atoms with Gasteiger partial charge in [0, 0.05) is 37.1 Å². The number of H-pyrrole nitrogens is 1. The molecular formula is C21H18F4N8. The fourth-order valence-electron chi connectivity index (χ4n) is 3.73. The monoisotopic (exact) mass is 458 g/mol. The van der Waals surface area contributed by atoms with Crippen LogP contribution in [0.15, 0.2) is 42.5 Å². The van der Waals surface area contributed by atoms with Crippen molar-refractivity contribution >= 4 is 28.4 Å². The molecule has 3 heterocycles. The van der Waals surface area contributed by atoms with Gasteiger partial charge in [-0.3, -0.25) is 5.10 Å². The average molecular weight is 458 g/mol. The highest BCUT2D eigenvalue weighted by atomic mass is 19.4. The third-order valence-corrected chi connectivity index (χ3v) is 5.32. The van der Waals surface area contributed by atoms with E-state index in [1.807, 2.05) is 4.90 Å². The molecule has 8 nitrogen and oxygen atoms in total. The molecule has 3 N–H and O–H groups in total. The van der Waals surface area contributed by atoms with Gasteiger partial charge >= 0.3 is 6.18 Å². The second-order valence-corrected chi connectivity index (χ2v) is 7.48. The van der Waals surface area contributed by atoms with Crippen molar-refractivity contribution in [2.75, 3.05) is 36.4 Å². The first-order valence-electron chi connectivity index (χ1n) is 10.2. The normalized spacial score (nSPS) is 14.6. The molecule has 1 fully saturated rings. The maximum atomic E-state index is 13.8. The zero-order valence-electron chi connectivity index (χ0n) is 17.1. The summed E-state index contributed by atoms with van der Waals surface area (Å²) in [4.78, 5) is 6.33. The number of aromatic amines is 1. The maximum absolute atomic E-state index is 13.8. The lowest BCUT2D eigenvalue weighted by Crippen LogP contribution is -2.44. The Labute approximate surface area is 185 Å². The highest BCUT2D eigenvalue weighted by Crippen LogP contribution is 2.37. The van der Waals surface area contributed by atoms with Crippen molar-refractivity contribution in [1.29, 1.82) is 0 Å². The summed E-state index contributed by atoms with van der Waals surface area (Å²) in [7, 11) is 0. The van der Waals surface area contributed by atoms with E-state index in [2.05, 4.69) is 36.0 Å². The van der Waals surface area contributed by atoms with E-state index in [4.69, 9.17) is 0 Å². The topological polar surface area (TPSA) is 94.7 Å². The Morgan fingerprint density at radius 2 is 1.76 bits per heavy atom. The number of anilines is 3. The summed E-state index contributed by atoms with van der Waals surface area (Å²) in [5, 5.41) is 21.9. The largest absolute Gasteiger partial charge is 0.417 e. The standard InChI is InChI=1S/C21H18F4N8/c22-12-5-6-16-14(11-12)18(30-29-16)28-19-20(33-9-7-26-8-10-33)32-31-17(27-19)13-3-1-2-4-15(13)21(23,24)25/h1-6,11,26H,7-10H2,(H2,27,28,29,30,31). The molecular weight excluding hydrogens is 440 g/mol. The number of nitrogens with zero attached hydrogens (tertiary/aromatic N) is 5. The molecule has 1 aliphatic rings. The van der Waals surface area contributed by atoms with Crippen LogP contribution in [-0.4, -0.2) is 51.6 Å². The van der Waals surface area contributed by atoms with Crippen LogP contribution in [0.4, 0.5) is 35.0 Å². The molecule has 1 saturated heterocycles. The highest BCUT2D eigenvalue weighted by molar-refractivity contribution is 5.92. The van der Waals surface area contributed by atoms with Crippen LogP contribution in [0.1, 0.15) is 5.56 Å². The lowest BCUT2D eigenvalue weighted by atomic mass is 10.1. The molecule has 0 saturated carbocycles. The minimum Gasteiger partial charge on any atom is -0.349 e. The molecule has 0 unspecified atom stereocenters. The molecule has 0 amide bonds. The van der Waals surface area contributed by atoms with Gasteiger partial charge in [0.25, 0.3) is 0 Å². The molecule has 0 radical (unpaired) electrons. The van der Waals surface area contributed by atoms with Crippen molar-refractivity contribution in [2.45, 2.75) is 6.18 Å². The number of alkyl halides is 3. The van der Waals surface area contributed by atoms with E-state index in [9.17, 15) is 17.6 Å². The van der Waals surface area contributed by atoms with E-state index in [1.54, 1.807) is 6.07 Å². The summed E-state index contributed by atoms with van der Waals surface area (Å²) >= 11 is 0. The van der Waals surface area contributed by atoms with Crippen molar-refractivity contribution in [3.63, 3.8) is 0 Å². The summed E-state index contributed by atoms with van der Waals surface area (Å²) in [5.74, 6) is 0.190. The van der Waals surface area contributed by atoms with Crippen molar-refractivity contribution in [1.82, 2.24) is 30.7 Å². The van der Waals surface area contributed by atoms with Crippen molar-refractivity contribution < 1.29 is 17.6 Å². The van der Waals surface area contributed by atoms with E-state index >= 15 is 0 Å². The van der Waals surface area contributed by atoms with Gasteiger partial charge in [-0.1, -0.05) is 18.2 Å². The lowest BCUT2D eigenvalue weighted by Gasteiger charge is -2.29. The fourth-order valence-corrected chi connectivity index (χ4v) is 3.73. The first-order chi connectivity index (χ1) is 15.9. The number of nitrogens with one attached hydrogen (secondary N) is 3. The molecule has 170 valence electrons. The van der Waals surface area contributed by atoms with Gasteiger partial charge in [0.1, 0.15) is 5.82 Å². The lowest BCUT2D eigenvalue weighted by molar-refractivity contribution is -0.137. The number of fused-ring (bicyclic) bond motifs is 1. The summed E-state index contributed by atoms with van der Waals surface area (Å²) < 4.78 is 54.5. The summed E-state index contributed by atoms with van der Waals surface area (Å²) in [6.07, 6.45) is -4.58. The molecule has 4 aromatic rings. The zero-order valence-corrected chi connectivity index (χ0v) is 17.1.